The molecule has 0 radical (unpaired) electrons. The van der Waals surface area contributed by atoms with Gasteiger partial charge in [-0.1, -0.05) is 0 Å². The minimum Gasteiger partial charge on any atom is -0.380 e. The van der Waals surface area contributed by atoms with E-state index in [-0.39, 0.29) is 5.91 Å². The number of fused-ring (bicyclic) bond motifs is 1. The van der Waals surface area contributed by atoms with Gasteiger partial charge in [-0.25, -0.2) is 4.98 Å². The SMILES string of the molecule is O=C(c1cnc2n1CCN([C@@H]1CCOC1)C2)N1CCOCC1. The summed E-state index contributed by atoms with van der Waals surface area (Å²) >= 11 is 0. The van der Waals surface area contributed by atoms with Gasteiger partial charge in [0.2, 0.25) is 0 Å². The maximum Gasteiger partial charge on any atom is 0.272 e. The van der Waals surface area contributed by atoms with E-state index in [1.54, 1.807) is 6.20 Å². The van der Waals surface area contributed by atoms with Gasteiger partial charge in [0, 0.05) is 38.8 Å². The molecule has 7 nitrogen and oxygen atoms in total. The van der Waals surface area contributed by atoms with E-state index in [0.29, 0.717) is 32.3 Å². The number of morpholine rings is 1. The van der Waals surface area contributed by atoms with E-state index in [9.17, 15) is 4.79 Å². The third-order valence-electron chi connectivity index (χ3n) is 4.83. The first kappa shape index (κ1) is 14.2. The van der Waals surface area contributed by atoms with E-state index < -0.39 is 0 Å². The van der Waals surface area contributed by atoms with Crippen LogP contribution in [0, 0.1) is 0 Å². The Morgan fingerprint density at radius 1 is 1.14 bits per heavy atom. The highest BCUT2D eigenvalue weighted by Gasteiger charge is 2.30. The zero-order chi connectivity index (χ0) is 14.9. The van der Waals surface area contributed by atoms with E-state index in [2.05, 4.69) is 14.5 Å². The normalized spacial score (nSPS) is 26.2. The lowest BCUT2D eigenvalue weighted by molar-refractivity contribution is 0.0293. The number of imidazole rings is 1. The van der Waals surface area contributed by atoms with Crippen LogP contribution in [0.1, 0.15) is 22.7 Å². The van der Waals surface area contributed by atoms with Gasteiger partial charge >= 0.3 is 0 Å². The largest absolute Gasteiger partial charge is 0.380 e. The Hall–Kier alpha value is -1.44. The Bertz CT molecular complexity index is 547. The molecule has 2 fully saturated rings. The predicted octanol–water partition coefficient (Wildman–Crippen LogP) is -0.0400. The summed E-state index contributed by atoms with van der Waals surface area (Å²) in [5.41, 5.74) is 0.722. The van der Waals surface area contributed by atoms with Gasteiger partial charge in [0.05, 0.1) is 32.6 Å². The third kappa shape index (κ3) is 2.53. The molecule has 2 saturated heterocycles. The lowest BCUT2D eigenvalue weighted by atomic mass is 10.2. The smallest absolute Gasteiger partial charge is 0.272 e. The van der Waals surface area contributed by atoms with E-state index in [1.807, 2.05) is 4.90 Å². The number of carbonyl (C=O) groups is 1. The fourth-order valence-electron chi connectivity index (χ4n) is 3.50. The lowest BCUT2D eigenvalue weighted by Crippen LogP contribution is -2.44. The van der Waals surface area contributed by atoms with Crippen LogP contribution in [0.2, 0.25) is 0 Å². The number of hydrogen-bond acceptors (Lipinski definition) is 5. The number of ether oxygens (including phenoxy) is 2. The summed E-state index contributed by atoms with van der Waals surface area (Å²) < 4.78 is 12.9. The van der Waals surface area contributed by atoms with Crippen molar-refractivity contribution in [2.75, 3.05) is 46.1 Å². The molecule has 3 aliphatic rings. The maximum absolute atomic E-state index is 12.6. The van der Waals surface area contributed by atoms with Gasteiger partial charge in [-0.3, -0.25) is 9.69 Å². The van der Waals surface area contributed by atoms with Crippen molar-refractivity contribution >= 4 is 5.91 Å². The molecule has 0 N–H and O–H groups in total. The minimum atomic E-state index is 0.0831. The molecule has 1 aromatic heterocycles. The zero-order valence-electron chi connectivity index (χ0n) is 12.7. The van der Waals surface area contributed by atoms with Crippen LogP contribution in [0.15, 0.2) is 6.20 Å². The van der Waals surface area contributed by atoms with Gasteiger partial charge in [-0.15, -0.1) is 0 Å². The monoisotopic (exact) mass is 306 g/mol. The van der Waals surface area contributed by atoms with Gasteiger partial charge in [-0.2, -0.15) is 0 Å². The highest BCUT2D eigenvalue weighted by molar-refractivity contribution is 5.92. The molecule has 22 heavy (non-hydrogen) atoms. The summed E-state index contributed by atoms with van der Waals surface area (Å²) in [6, 6.07) is 0.504. The highest BCUT2D eigenvalue weighted by atomic mass is 16.5. The van der Waals surface area contributed by atoms with Gasteiger partial charge in [0.25, 0.3) is 5.91 Å². The van der Waals surface area contributed by atoms with Crippen molar-refractivity contribution in [1.29, 1.82) is 0 Å². The molecule has 0 saturated carbocycles. The predicted molar refractivity (Wildman–Crippen MR) is 78.6 cm³/mol. The summed E-state index contributed by atoms with van der Waals surface area (Å²) in [5, 5.41) is 0. The molecule has 1 amide bonds. The standard InChI is InChI=1S/C15H22N4O3/c20-15(17-4-7-21-8-5-17)13-9-16-14-10-18(2-3-19(13)14)12-1-6-22-11-12/h9,12H,1-8,10-11H2/t12-/m1/s1. The molecule has 0 bridgehead atoms. The summed E-state index contributed by atoms with van der Waals surface area (Å²) in [6.45, 7) is 6.87. The van der Waals surface area contributed by atoms with E-state index in [1.165, 1.54) is 0 Å². The van der Waals surface area contributed by atoms with Crippen LogP contribution in [0.5, 0.6) is 0 Å². The molecule has 0 spiro atoms. The highest BCUT2D eigenvalue weighted by Crippen LogP contribution is 2.21. The first-order valence-corrected chi connectivity index (χ1v) is 8.06. The number of rotatable bonds is 2. The lowest BCUT2D eigenvalue weighted by Gasteiger charge is -2.33. The fraction of sp³-hybridized carbons (Fsp3) is 0.733. The number of amides is 1. The molecule has 0 aliphatic carbocycles. The Kier molecular flexibility index (Phi) is 3.85. The third-order valence-corrected chi connectivity index (χ3v) is 4.83. The number of carbonyl (C=O) groups excluding carboxylic acids is 1. The van der Waals surface area contributed by atoms with Crippen LogP contribution < -0.4 is 0 Å². The van der Waals surface area contributed by atoms with E-state index in [0.717, 1.165) is 50.8 Å². The summed E-state index contributed by atoms with van der Waals surface area (Å²) in [6.07, 6.45) is 2.84. The Balaban J connectivity index is 1.49. The number of aromatic nitrogens is 2. The molecular weight excluding hydrogens is 284 g/mol. The molecular formula is C15H22N4O3. The van der Waals surface area contributed by atoms with Crippen LogP contribution >= 0.6 is 0 Å². The summed E-state index contributed by atoms with van der Waals surface area (Å²) in [5.74, 6) is 1.08. The second kappa shape index (κ2) is 5.98. The van der Waals surface area contributed by atoms with Crippen molar-refractivity contribution in [2.45, 2.75) is 25.6 Å². The average molecular weight is 306 g/mol. The molecule has 4 rings (SSSR count). The average Bonchev–Trinajstić information content (AvgIpc) is 3.24. The van der Waals surface area contributed by atoms with Gasteiger partial charge < -0.3 is 18.9 Å². The Morgan fingerprint density at radius 2 is 2.00 bits per heavy atom. The van der Waals surface area contributed by atoms with E-state index >= 15 is 0 Å². The molecule has 1 aromatic rings. The topological polar surface area (TPSA) is 59.8 Å². The van der Waals surface area contributed by atoms with Crippen molar-refractivity contribution in [3.63, 3.8) is 0 Å². The second-order valence-corrected chi connectivity index (χ2v) is 6.10. The molecule has 7 heteroatoms. The zero-order valence-corrected chi connectivity index (χ0v) is 12.7. The van der Waals surface area contributed by atoms with Crippen molar-refractivity contribution < 1.29 is 14.3 Å². The van der Waals surface area contributed by atoms with Crippen molar-refractivity contribution in [1.82, 2.24) is 19.4 Å². The quantitative estimate of drug-likeness (QED) is 0.767. The van der Waals surface area contributed by atoms with Crippen LogP contribution in [0.25, 0.3) is 0 Å². The molecule has 4 heterocycles. The second-order valence-electron chi connectivity index (χ2n) is 6.10. The molecule has 120 valence electrons. The molecule has 0 aromatic carbocycles. The van der Waals surface area contributed by atoms with Crippen molar-refractivity contribution in [3.05, 3.63) is 17.7 Å². The fourth-order valence-corrected chi connectivity index (χ4v) is 3.50. The van der Waals surface area contributed by atoms with Crippen molar-refractivity contribution in [2.24, 2.45) is 0 Å². The Labute approximate surface area is 129 Å². The summed E-state index contributed by atoms with van der Waals surface area (Å²) in [7, 11) is 0. The first-order valence-electron chi connectivity index (χ1n) is 8.06. The molecule has 0 unspecified atom stereocenters. The minimum absolute atomic E-state index is 0.0831. The number of nitrogens with zero attached hydrogens (tertiary/aromatic N) is 4. The molecule has 3 aliphatic heterocycles. The maximum atomic E-state index is 12.6. The Morgan fingerprint density at radius 3 is 2.77 bits per heavy atom. The number of hydrogen-bond donors (Lipinski definition) is 0. The van der Waals surface area contributed by atoms with Gasteiger partial charge in [0.1, 0.15) is 11.5 Å². The van der Waals surface area contributed by atoms with Crippen LogP contribution in [-0.2, 0) is 22.6 Å². The van der Waals surface area contributed by atoms with E-state index in [4.69, 9.17) is 9.47 Å². The van der Waals surface area contributed by atoms with Crippen LogP contribution in [-0.4, -0.2) is 77.4 Å². The van der Waals surface area contributed by atoms with Crippen molar-refractivity contribution in [3.8, 4) is 0 Å². The summed E-state index contributed by atoms with van der Waals surface area (Å²) in [4.78, 5) is 21.4. The van der Waals surface area contributed by atoms with Crippen LogP contribution in [0.3, 0.4) is 0 Å². The van der Waals surface area contributed by atoms with Crippen LogP contribution in [0.4, 0.5) is 0 Å². The van der Waals surface area contributed by atoms with Gasteiger partial charge in [-0.05, 0) is 6.42 Å². The first-order chi connectivity index (χ1) is 10.8. The molecule has 1 atom stereocenters. The van der Waals surface area contributed by atoms with Gasteiger partial charge in [0.15, 0.2) is 0 Å².